The van der Waals surface area contributed by atoms with Gasteiger partial charge >= 0.3 is 18.0 Å². The molecule has 0 spiro atoms. The number of hydrogen-bond acceptors (Lipinski definition) is 9. The number of carboxylic acid groups (broad SMARTS) is 1. The summed E-state index contributed by atoms with van der Waals surface area (Å²) in [6, 6.07) is 28.3. The molecular formula is C47H53N5O9. The van der Waals surface area contributed by atoms with Gasteiger partial charge < -0.3 is 35.8 Å². The molecule has 0 unspecified atom stereocenters. The molecule has 1 aliphatic carbocycles. The highest BCUT2D eigenvalue weighted by Crippen LogP contribution is 2.44. The van der Waals surface area contributed by atoms with Gasteiger partial charge in [0.05, 0.1) is 18.2 Å². The largest absolute Gasteiger partial charge is 0.480 e. The number of anilines is 1. The highest BCUT2D eigenvalue weighted by molar-refractivity contribution is 5.96. The van der Waals surface area contributed by atoms with Crippen LogP contribution in [0.1, 0.15) is 85.3 Å². The summed E-state index contributed by atoms with van der Waals surface area (Å²) in [5, 5.41) is 18.2. The molecule has 4 aromatic carbocycles. The van der Waals surface area contributed by atoms with E-state index >= 15 is 0 Å². The first kappa shape index (κ1) is 44.0. The summed E-state index contributed by atoms with van der Waals surface area (Å²) in [6.07, 6.45) is 1.55. The molecule has 1 saturated heterocycles. The average molecular weight is 832 g/mol. The molecule has 1 fully saturated rings. The molecule has 6 N–H and O–H groups in total. The molecule has 0 radical (unpaired) electrons. The molecule has 320 valence electrons. The van der Waals surface area contributed by atoms with Crippen molar-refractivity contribution in [3.05, 3.63) is 125 Å². The maximum Gasteiger partial charge on any atom is 0.411 e. The number of carboxylic acids is 1. The summed E-state index contributed by atoms with van der Waals surface area (Å²) >= 11 is 0. The number of carbonyl (C=O) groups excluding carboxylic acids is 5. The van der Waals surface area contributed by atoms with Gasteiger partial charge in [-0.25, -0.2) is 14.4 Å². The van der Waals surface area contributed by atoms with Crippen molar-refractivity contribution >= 4 is 41.4 Å². The van der Waals surface area contributed by atoms with Crippen molar-refractivity contribution in [3.8, 4) is 11.1 Å². The number of unbranched alkanes of at least 4 members (excludes halogenated alkanes) is 1. The van der Waals surface area contributed by atoms with Gasteiger partial charge in [-0.15, -0.1) is 0 Å². The average Bonchev–Trinajstić information content (AvgIpc) is 3.89. The number of carbonyl (C=O) groups is 6. The fourth-order valence-corrected chi connectivity index (χ4v) is 7.81. The van der Waals surface area contributed by atoms with E-state index in [-0.39, 0.29) is 51.4 Å². The van der Waals surface area contributed by atoms with Crippen LogP contribution in [0.2, 0.25) is 0 Å². The number of amides is 4. The minimum absolute atomic E-state index is 0.000732. The van der Waals surface area contributed by atoms with Crippen molar-refractivity contribution in [2.75, 3.05) is 25.1 Å². The molecule has 4 amide bonds. The van der Waals surface area contributed by atoms with Crippen LogP contribution >= 0.6 is 0 Å². The molecule has 4 atom stereocenters. The molecule has 2 aliphatic rings. The maximum absolute atomic E-state index is 14.0. The van der Waals surface area contributed by atoms with E-state index < -0.39 is 59.4 Å². The van der Waals surface area contributed by atoms with Gasteiger partial charge in [0.2, 0.25) is 17.7 Å². The quantitative estimate of drug-likeness (QED) is 0.0603. The van der Waals surface area contributed by atoms with Crippen LogP contribution < -0.4 is 21.7 Å². The molecule has 4 aromatic rings. The Labute approximate surface area is 355 Å². The van der Waals surface area contributed by atoms with Gasteiger partial charge in [-0.2, -0.15) is 0 Å². The highest BCUT2D eigenvalue weighted by Gasteiger charge is 2.41. The zero-order chi connectivity index (χ0) is 43.5. The predicted octanol–water partition coefficient (Wildman–Crippen LogP) is 5.79. The lowest BCUT2D eigenvalue weighted by Gasteiger charge is -2.33. The van der Waals surface area contributed by atoms with Crippen molar-refractivity contribution in [2.24, 2.45) is 5.73 Å². The second-order valence-corrected chi connectivity index (χ2v) is 15.7. The van der Waals surface area contributed by atoms with Gasteiger partial charge in [0.15, 0.2) is 0 Å². The lowest BCUT2D eigenvalue weighted by molar-refractivity contribution is -0.149. The number of fused-ring (bicyclic) bond motifs is 3. The maximum atomic E-state index is 14.0. The van der Waals surface area contributed by atoms with E-state index in [1.807, 2.05) is 36.4 Å². The predicted molar refractivity (Wildman–Crippen MR) is 229 cm³/mol. The molecule has 14 heteroatoms. The van der Waals surface area contributed by atoms with Gasteiger partial charge in [0.25, 0.3) is 0 Å². The van der Waals surface area contributed by atoms with Crippen LogP contribution in [-0.4, -0.2) is 89.2 Å². The Bertz CT molecular complexity index is 2170. The number of esters is 1. The number of hydrogen-bond donors (Lipinski definition) is 5. The molecule has 6 rings (SSSR count). The Balaban J connectivity index is 1.05. The van der Waals surface area contributed by atoms with E-state index in [4.69, 9.17) is 15.2 Å². The van der Waals surface area contributed by atoms with E-state index in [1.165, 1.54) is 11.8 Å². The van der Waals surface area contributed by atoms with E-state index in [0.29, 0.717) is 36.1 Å². The molecule has 1 heterocycles. The van der Waals surface area contributed by atoms with E-state index in [1.54, 1.807) is 61.5 Å². The van der Waals surface area contributed by atoms with E-state index in [0.717, 1.165) is 22.3 Å². The first-order valence-electron chi connectivity index (χ1n) is 20.7. The number of nitrogens with one attached hydrogen (secondary N) is 3. The number of rotatable bonds is 18. The molecule has 14 nitrogen and oxygen atoms in total. The van der Waals surface area contributed by atoms with Crippen LogP contribution in [0.4, 0.5) is 10.5 Å². The minimum Gasteiger partial charge on any atom is -0.480 e. The smallest absolute Gasteiger partial charge is 0.411 e. The summed E-state index contributed by atoms with van der Waals surface area (Å²) in [5.41, 5.74) is 10.7. The van der Waals surface area contributed by atoms with Gasteiger partial charge in [0.1, 0.15) is 24.2 Å². The summed E-state index contributed by atoms with van der Waals surface area (Å²) in [5.74, 6) is -3.43. The molecule has 61 heavy (non-hydrogen) atoms. The molecule has 0 bridgehead atoms. The fourth-order valence-electron chi connectivity index (χ4n) is 7.81. The standard InChI is InChI=1S/C47H53N5O9/c1-3-47(2,51-41(53)38(48)20-11-12-27-60-44(57)31-14-5-4-6-15-31)45(58)50-39(42(54)52-26-13-21-40(52)43(55)56)28-30-22-24-32(25-23-30)49-46(59)61-29-37-35-18-9-7-16-33(35)34-17-8-10-19-36(34)37/h4-10,14-19,22-25,37-40H,3,11-13,20-21,26-29,48H2,1-2H3,(H,49,59)(H,50,58)(H,51,53)(H,55,56)/t38-,39-,40+,47-/m0/s1. The van der Waals surface area contributed by atoms with Crippen molar-refractivity contribution in [3.63, 3.8) is 0 Å². The van der Waals surface area contributed by atoms with Gasteiger partial charge in [-0.05, 0) is 97.5 Å². The zero-order valence-corrected chi connectivity index (χ0v) is 34.4. The Hall–Kier alpha value is -6.54. The lowest BCUT2D eigenvalue weighted by Crippen LogP contribution is -2.63. The third kappa shape index (κ3) is 10.8. The number of ether oxygens (including phenoxy) is 2. The van der Waals surface area contributed by atoms with Crippen LogP contribution in [0.5, 0.6) is 0 Å². The number of likely N-dealkylation sites (tertiary alicyclic amines) is 1. The topological polar surface area (TPSA) is 206 Å². The third-order valence-electron chi connectivity index (χ3n) is 11.5. The summed E-state index contributed by atoms with van der Waals surface area (Å²) < 4.78 is 11.0. The van der Waals surface area contributed by atoms with Crippen LogP contribution in [0, 0.1) is 0 Å². The van der Waals surface area contributed by atoms with E-state index in [2.05, 4.69) is 28.1 Å². The van der Waals surface area contributed by atoms with Crippen LogP contribution in [0.3, 0.4) is 0 Å². The normalized spacial score (nSPS) is 16.2. The molecule has 0 aromatic heterocycles. The first-order valence-corrected chi connectivity index (χ1v) is 20.7. The Kier molecular flexibility index (Phi) is 14.5. The zero-order valence-electron chi connectivity index (χ0n) is 34.4. The van der Waals surface area contributed by atoms with Gasteiger partial charge in [-0.3, -0.25) is 19.7 Å². The Morgan fingerprint density at radius 3 is 2.13 bits per heavy atom. The molecule has 0 saturated carbocycles. The van der Waals surface area contributed by atoms with Crippen molar-refractivity contribution in [1.82, 2.24) is 15.5 Å². The van der Waals surface area contributed by atoms with Gasteiger partial charge in [-0.1, -0.05) is 85.8 Å². The van der Waals surface area contributed by atoms with Crippen LogP contribution in [0.25, 0.3) is 11.1 Å². The SMILES string of the molecule is CC[C@](C)(NC(=O)[C@@H](N)CCCCOC(=O)c1ccccc1)C(=O)N[C@@H](Cc1ccc(NC(=O)OCC2c3ccccc3-c3ccccc32)cc1)C(=O)N1CCC[C@@H]1C(=O)O. The van der Waals surface area contributed by atoms with Crippen molar-refractivity contribution in [2.45, 2.75) is 88.4 Å². The summed E-state index contributed by atoms with van der Waals surface area (Å²) in [6.45, 7) is 3.77. The first-order chi connectivity index (χ1) is 29.4. The molecule has 1 aliphatic heterocycles. The fraction of sp³-hybridized carbons (Fsp3) is 0.362. The van der Waals surface area contributed by atoms with Crippen LogP contribution in [-0.2, 0) is 35.1 Å². The number of nitrogens with zero attached hydrogens (tertiary/aromatic N) is 1. The number of nitrogens with two attached hydrogens (primary N) is 1. The highest BCUT2D eigenvalue weighted by atomic mass is 16.5. The second kappa shape index (κ2) is 20.1. The minimum atomic E-state index is -1.47. The molecular weight excluding hydrogens is 779 g/mol. The summed E-state index contributed by atoms with van der Waals surface area (Å²) in [7, 11) is 0. The number of benzene rings is 4. The lowest BCUT2D eigenvalue weighted by atomic mass is 9.95. The van der Waals surface area contributed by atoms with Crippen molar-refractivity contribution < 1.29 is 43.3 Å². The monoisotopic (exact) mass is 831 g/mol. The number of aliphatic carboxylic acids is 1. The Morgan fingerprint density at radius 1 is 0.852 bits per heavy atom. The van der Waals surface area contributed by atoms with Gasteiger partial charge in [0, 0.05) is 24.6 Å². The second-order valence-electron chi connectivity index (χ2n) is 15.7. The van der Waals surface area contributed by atoms with Crippen LogP contribution in [0.15, 0.2) is 103 Å². The Morgan fingerprint density at radius 2 is 1.49 bits per heavy atom. The summed E-state index contributed by atoms with van der Waals surface area (Å²) in [4.78, 5) is 79.7. The van der Waals surface area contributed by atoms with E-state index in [9.17, 15) is 33.9 Å². The van der Waals surface area contributed by atoms with Crippen molar-refractivity contribution in [1.29, 1.82) is 0 Å². The third-order valence-corrected chi connectivity index (χ3v) is 11.5.